The van der Waals surface area contributed by atoms with Crippen molar-refractivity contribution in [3.8, 4) is 11.5 Å². The number of halogens is 1. The van der Waals surface area contributed by atoms with Crippen molar-refractivity contribution in [2.24, 2.45) is 0 Å². The Hall–Kier alpha value is -4.04. The van der Waals surface area contributed by atoms with Crippen LogP contribution in [0.1, 0.15) is 21.5 Å². The van der Waals surface area contributed by atoms with E-state index < -0.39 is 24.0 Å². The van der Waals surface area contributed by atoms with Gasteiger partial charge in [-0.25, -0.2) is 9.59 Å². The second-order valence-corrected chi connectivity index (χ2v) is 8.01. The number of ether oxygens (including phenoxy) is 2. The Kier molecular flexibility index (Phi) is 9.09. The summed E-state index contributed by atoms with van der Waals surface area (Å²) in [6.07, 6.45) is 0.0793. The monoisotopic (exact) mass is 496 g/mol. The molecule has 0 spiro atoms. The van der Waals surface area contributed by atoms with Crippen LogP contribution >= 0.6 is 11.6 Å². The third-order valence-electron chi connectivity index (χ3n) is 5.14. The predicted molar refractivity (Wildman–Crippen MR) is 131 cm³/mol. The van der Waals surface area contributed by atoms with Crippen LogP contribution in [0.3, 0.4) is 0 Å². The SMILES string of the molecule is COc1ccc(CCNC(=O)Oc2ccc(C[C@H](NC(=O)c3ccccc3Cl)C(=O)O)cc2)cc1. The smallest absolute Gasteiger partial charge is 0.412 e. The van der Waals surface area contributed by atoms with E-state index in [9.17, 15) is 19.5 Å². The van der Waals surface area contributed by atoms with Gasteiger partial charge in [-0.1, -0.05) is 48.0 Å². The molecular weight excluding hydrogens is 472 g/mol. The standard InChI is InChI=1S/C26H25ClN2O6/c1-34-19-10-6-17(7-11-19)14-15-28-26(33)35-20-12-8-18(9-13-20)16-23(25(31)32)29-24(30)21-4-2-3-5-22(21)27/h2-13,23H,14-16H2,1H3,(H,28,33)(H,29,30)(H,31,32)/t23-/m0/s1. The molecule has 0 aromatic heterocycles. The first-order valence-electron chi connectivity index (χ1n) is 10.8. The molecule has 2 amide bonds. The lowest BCUT2D eigenvalue weighted by Crippen LogP contribution is -2.42. The van der Waals surface area contributed by atoms with Gasteiger partial charge in [0.25, 0.3) is 5.91 Å². The van der Waals surface area contributed by atoms with Crippen LogP contribution in [0, 0.1) is 0 Å². The number of benzene rings is 3. The van der Waals surface area contributed by atoms with Crippen LogP contribution in [-0.4, -0.2) is 42.8 Å². The molecule has 0 bridgehead atoms. The molecule has 3 aromatic rings. The molecule has 0 aliphatic heterocycles. The fraction of sp³-hybridized carbons (Fsp3) is 0.192. The number of nitrogens with one attached hydrogen (secondary N) is 2. The number of aliphatic carboxylic acids is 1. The minimum Gasteiger partial charge on any atom is -0.497 e. The average molecular weight is 497 g/mol. The first kappa shape index (κ1) is 25.6. The summed E-state index contributed by atoms with van der Waals surface area (Å²) in [6, 6.07) is 19.2. The largest absolute Gasteiger partial charge is 0.497 e. The molecule has 0 heterocycles. The summed E-state index contributed by atoms with van der Waals surface area (Å²) in [7, 11) is 1.60. The number of hydrogen-bond acceptors (Lipinski definition) is 5. The number of hydrogen-bond donors (Lipinski definition) is 3. The van der Waals surface area contributed by atoms with E-state index in [1.165, 1.54) is 6.07 Å². The van der Waals surface area contributed by atoms with Gasteiger partial charge in [0, 0.05) is 13.0 Å². The predicted octanol–water partition coefficient (Wildman–Crippen LogP) is 4.11. The molecule has 0 saturated carbocycles. The Labute approximate surface area is 207 Å². The van der Waals surface area contributed by atoms with Crippen LogP contribution in [-0.2, 0) is 17.6 Å². The van der Waals surface area contributed by atoms with Crippen molar-refractivity contribution < 1.29 is 29.0 Å². The quantitative estimate of drug-likeness (QED) is 0.389. The number of carbonyl (C=O) groups is 3. The summed E-state index contributed by atoms with van der Waals surface area (Å²) in [5.74, 6) is -0.680. The Morgan fingerprint density at radius 1 is 0.914 bits per heavy atom. The second kappa shape index (κ2) is 12.4. The highest BCUT2D eigenvalue weighted by Gasteiger charge is 2.22. The third kappa shape index (κ3) is 7.75. The normalized spacial score (nSPS) is 11.3. The van der Waals surface area contributed by atoms with Crippen molar-refractivity contribution in [2.45, 2.75) is 18.9 Å². The number of amides is 2. The fourth-order valence-electron chi connectivity index (χ4n) is 3.25. The van der Waals surface area contributed by atoms with E-state index in [-0.39, 0.29) is 17.0 Å². The van der Waals surface area contributed by atoms with Gasteiger partial charge in [-0.3, -0.25) is 4.79 Å². The number of carboxylic acids is 1. The number of methoxy groups -OCH3 is 1. The maximum atomic E-state index is 12.4. The lowest BCUT2D eigenvalue weighted by atomic mass is 10.1. The zero-order valence-corrected chi connectivity index (χ0v) is 19.7. The Balaban J connectivity index is 1.49. The molecule has 3 N–H and O–H groups in total. The van der Waals surface area contributed by atoms with Crippen LogP contribution in [0.4, 0.5) is 4.79 Å². The minimum atomic E-state index is -1.18. The van der Waals surface area contributed by atoms with Gasteiger partial charge in [0.05, 0.1) is 17.7 Å². The van der Waals surface area contributed by atoms with E-state index in [1.54, 1.807) is 49.6 Å². The molecule has 0 radical (unpaired) electrons. The molecule has 1 atom stereocenters. The molecule has 0 saturated heterocycles. The summed E-state index contributed by atoms with van der Waals surface area (Å²) >= 11 is 6.02. The zero-order chi connectivity index (χ0) is 25.2. The molecule has 0 aliphatic rings. The molecule has 3 rings (SSSR count). The van der Waals surface area contributed by atoms with Crippen molar-refractivity contribution in [3.05, 3.63) is 94.5 Å². The number of rotatable bonds is 10. The molecule has 0 fully saturated rings. The third-order valence-corrected chi connectivity index (χ3v) is 5.47. The van der Waals surface area contributed by atoms with E-state index in [1.807, 2.05) is 24.3 Å². The van der Waals surface area contributed by atoms with E-state index >= 15 is 0 Å². The van der Waals surface area contributed by atoms with Gasteiger partial charge in [0.2, 0.25) is 0 Å². The van der Waals surface area contributed by atoms with Crippen molar-refractivity contribution in [3.63, 3.8) is 0 Å². The first-order chi connectivity index (χ1) is 16.9. The van der Waals surface area contributed by atoms with Crippen LogP contribution in [0.15, 0.2) is 72.8 Å². The van der Waals surface area contributed by atoms with Crippen LogP contribution < -0.4 is 20.1 Å². The minimum absolute atomic E-state index is 0.0415. The summed E-state index contributed by atoms with van der Waals surface area (Å²) in [5.41, 5.74) is 1.89. The van der Waals surface area contributed by atoms with E-state index in [2.05, 4.69) is 10.6 Å². The Bertz CT molecular complexity index is 1170. The average Bonchev–Trinajstić information content (AvgIpc) is 2.85. The van der Waals surface area contributed by atoms with Gasteiger partial charge >= 0.3 is 12.1 Å². The molecular formula is C26H25ClN2O6. The maximum Gasteiger partial charge on any atom is 0.412 e. The lowest BCUT2D eigenvalue weighted by Gasteiger charge is -2.15. The van der Waals surface area contributed by atoms with Gasteiger partial charge in [-0.15, -0.1) is 0 Å². The zero-order valence-electron chi connectivity index (χ0n) is 19.0. The molecule has 35 heavy (non-hydrogen) atoms. The highest BCUT2D eigenvalue weighted by atomic mass is 35.5. The molecule has 0 aliphatic carbocycles. The van der Waals surface area contributed by atoms with Gasteiger partial charge < -0.3 is 25.2 Å². The van der Waals surface area contributed by atoms with Crippen molar-refractivity contribution in [1.29, 1.82) is 0 Å². The van der Waals surface area contributed by atoms with E-state index in [4.69, 9.17) is 21.1 Å². The van der Waals surface area contributed by atoms with Gasteiger partial charge in [-0.05, 0) is 53.9 Å². The first-order valence-corrected chi connectivity index (χ1v) is 11.2. The number of carboxylic acid groups (broad SMARTS) is 1. The molecule has 3 aromatic carbocycles. The number of carbonyl (C=O) groups excluding carboxylic acids is 2. The lowest BCUT2D eigenvalue weighted by molar-refractivity contribution is -0.139. The summed E-state index contributed by atoms with van der Waals surface area (Å²) in [6.45, 7) is 0.397. The summed E-state index contributed by atoms with van der Waals surface area (Å²) < 4.78 is 10.4. The van der Waals surface area contributed by atoms with Gasteiger partial charge in [-0.2, -0.15) is 0 Å². The molecule has 0 unspecified atom stereocenters. The maximum absolute atomic E-state index is 12.4. The van der Waals surface area contributed by atoms with Crippen molar-refractivity contribution >= 4 is 29.6 Å². The second-order valence-electron chi connectivity index (χ2n) is 7.61. The van der Waals surface area contributed by atoms with E-state index in [0.29, 0.717) is 24.3 Å². The van der Waals surface area contributed by atoms with Crippen molar-refractivity contribution in [2.75, 3.05) is 13.7 Å². The highest BCUT2D eigenvalue weighted by Crippen LogP contribution is 2.17. The van der Waals surface area contributed by atoms with Gasteiger partial charge in [0.1, 0.15) is 17.5 Å². The van der Waals surface area contributed by atoms with Gasteiger partial charge in [0.15, 0.2) is 0 Å². The summed E-state index contributed by atoms with van der Waals surface area (Å²) in [4.78, 5) is 36.1. The van der Waals surface area contributed by atoms with Crippen LogP contribution in [0.5, 0.6) is 11.5 Å². The highest BCUT2D eigenvalue weighted by molar-refractivity contribution is 6.33. The van der Waals surface area contributed by atoms with Crippen LogP contribution in [0.2, 0.25) is 5.02 Å². The van der Waals surface area contributed by atoms with Crippen molar-refractivity contribution in [1.82, 2.24) is 10.6 Å². The topological polar surface area (TPSA) is 114 Å². The molecule has 9 heteroatoms. The Morgan fingerprint density at radius 2 is 1.54 bits per heavy atom. The molecule has 8 nitrogen and oxygen atoms in total. The molecule has 182 valence electrons. The van der Waals surface area contributed by atoms with E-state index in [0.717, 1.165) is 11.3 Å². The summed E-state index contributed by atoms with van der Waals surface area (Å²) in [5, 5.41) is 14.9. The fourth-order valence-corrected chi connectivity index (χ4v) is 3.48. The van der Waals surface area contributed by atoms with Crippen LogP contribution in [0.25, 0.3) is 0 Å². The Morgan fingerprint density at radius 3 is 2.17 bits per heavy atom.